The van der Waals surface area contributed by atoms with E-state index in [0.29, 0.717) is 13.1 Å². The van der Waals surface area contributed by atoms with Crippen molar-refractivity contribution in [3.63, 3.8) is 0 Å². The number of benzene rings is 2. The van der Waals surface area contributed by atoms with Crippen molar-refractivity contribution in [2.24, 2.45) is 5.92 Å². The summed E-state index contributed by atoms with van der Waals surface area (Å²) in [5.41, 5.74) is 0.713. The number of hydrogen-bond donors (Lipinski definition) is 0. The molecule has 1 saturated heterocycles. The fourth-order valence-corrected chi connectivity index (χ4v) is 3.78. The van der Waals surface area contributed by atoms with Gasteiger partial charge in [-0.1, -0.05) is 60.7 Å². The Morgan fingerprint density at radius 3 is 2.11 bits per heavy atom. The molecule has 0 aromatic heterocycles. The lowest BCUT2D eigenvalue weighted by atomic mass is 9.89. The maximum atomic E-state index is 13.4. The largest absolute Gasteiger partial charge is 0.469 e. The van der Waals surface area contributed by atoms with Crippen molar-refractivity contribution in [3.8, 4) is 0 Å². The molecule has 1 unspecified atom stereocenters. The Balaban J connectivity index is 1.90. The van der Waals surface area contributed by atoms with Gasteiger partial charge in [0.2, 0.25) is 0 Å². The van der Waals surface area contributed by atoms with Crippen LogP contribution in [-0.4, -0.2) is 44.1 Å². The zero-order valence-electron chi connectivity index (χ0n) is 15.9. The van der Waals surface area contributed by atoms with Crippen molar-refractivity contribution in [1.82, 2.24) is 4.90 Å². The van der Waals surface area contributed by atoms with Gasteiger partial charge in [-0.2, -0.15) is 0 Å². The number of likely N-dealkylation sites (tertiary alicyclic amines) is 1. The van der Waals surface area contributed by atoms with Gasteiger partial charge in [-0.05, 0) is 18.1 Å². The average Bonchev–Trinajstić information content (AvgIpc) is 3.18. The molecule has 0 spiro atoms. The molecule has 1 amide bonds. The predicted octanol–water partition coefficient (Wildman–Crippen LogP) is 2.96. The van der Waals surface area contributed by atoms with E-state index in [9.17, 15) is 9.59 Å². The molecule has 1 heterocycles. The molecule has 3 atom stereocenters. The van der Waals surface area contributed by atoms with Crippen LogP contribution in [0.2, 0.25) is 0 Å². The van der Waals surface area contributed by atoms with Gasteiger partial charge in [0, 0.05) is 26.1 Å². The monoisotopic (exact) mass is 367 g/mol. The van der Waals surface area contributed by atoms with Crippen LogP contribution in [-0.2, 0) is 24.7 Å². The van der Waals surface area contributed by atoms with Crippen LogP contribution >= 0.6 is 0 Å². The second-order valence-electron chi connectivity index (χ2n) is 6.96. The van der Waals surface area contributed by atoms with E-state index in [-0.39, 0.29) is 17.8 Å². The lowest BCUT2D eigenvalue weighted by Crippen LogP contribution is -2.45. The van der Waals surface area contributed by atoms with Crippen molar-refractivity contribution < 1.29 is 19.1 Å². The van der Waals surface area contributed by atoms with Gasteiger partial charge in [0.15, 0.2) is 5.60 Å². The first-order valence-electron chi connectivity index (χ1n) is 9.04. The van der Waals surface area contributed by atoms with Crippen molar-refractivity contribution in [2.45, 2.75) is 18.4 Å². The molecule has 1 aliphatic rings. The van der Waals surface area contributed by atoms with Gasteiger partial charge in [0.25, 0.3) is 5.91 Å². The van der Waals surface area contributed by atoms with E-state index in [2.05, 4.69) is 0 Å². The second-order valence-corrected chi connectivity index (χ2v) is 6.96. The highest BCUT2D eigenvalue weighted by molar-refractivity contribution is 5.88. The smallest absolute Gasteiger partial charge is 0.311 e. The van der Waals surface area contributed by atoms with Gasteiger partial charge < -0.3 is 14.4 Å². The number of amides is 1. The summed E-state index contributed by atoms with van der Waals surface area (Å²) in [6.07, 6.45) is 0. The summed E-state index contributed by atoms with van der Waals surface area (Å²) < 4.78 is 10.7. The number of esters is 1. The molecule has 5 heteroatoms. The molecule has 27 heavy (non-hydrogen) atoms. The van der Waals surface area contributed by atoms with Crippen molar-refractivity contribution in [2.75, 3.05) is 27.3 Å². The van der Waals surface area contributed by atoms with Gasteiger partial charge >= 0.3 is 5.97 Å². The van der Waals surface area contributed by atoms with Crippen LogP contribution in [0.5, 0.6) is 0 Å². The molecular formula is C22H25NO4. The zero-order valence-corrected chi connectivity index (χ0v) is 15.9. The number of carbonyl (C=O) groups is 2. The third kappa shape index (κ3) is 3.60. The normalized spacial score (nSPS) is 21.5. The van der Waals surface area contributed by atoms with Crippen LogP contribution in [0.4, 0.5) is 0 Å². The standard InChI is InChI=1S/C22H25NO4/c1-22(27-3,17-12-8-5-9-13-17)21(25)23-14-18(16-10-6-4-7-11-16)19(15-23)20(24)26-2/h4-13,18-19H,14-15H2,1-3H3/t18-,19+,22?/m0/s1. The SMILES string of the molecule is COC(=O)[C@@H]1CN(C(=O)C(C)(OC)c2ccccc2)C[C@H]1c1ccccc1. The highest BCUT2D eigenvalue weighted by Crippen LogP contribution is 2.37. The summed E-state index contributed by atoms with van der Waals surface area (Å²) in [6.45, 7) is 2.54. The molecule has 0 bridgehead atoms. The Bertz CT molecular complexity index is 792. The fraction of sp³-hybridized carbons (Fsp3) is 0.364. The van der Waals surface area contributed by atoms with Crippen molar-refractivity contribution in [1.29, 1.82) is 0 Å². The Kier molecular flexibility index (Phi) is 5.61. The molecule has 2 aromatic carbocycles. The molecule has 0 radical (unpaired) electrons. The predicted molar refractivity (Wildman–Crippen MR) is 102 cm³/mol. The number of rotatable bonds is 5. The number of carbonyl (C=O) groups excluding carboxylic acids is 2. The summed E-state index contributed by atoms with van der Waals surface area (Å²) in [5.74, 6) is -0.931. The molecule has 3 rings (SSSR count). The molecule has 5 nitrogen and oxygen atoms in total. The van der Waals surface area contributed by atoms with Crippen molar-refractivity contribution in [3.05, 3.63) is 71.8 Å². The number of methoxy groups -OCH3 is 2. The quantitative estimate of drug-likeness (QED) is 0.763. The zero-order chi connectivity index (χ0) is 19.4. The summed E-state index contributed by atoms with van der Waals surface area (Å²) in [4.78, 5) is 27.5. The molecule has 1 fully saturated rings. The van der Waals surface area contributed by atoms with Crippen LogP contribution in [0.15, 0.2) is 60.7 Å². The lowest BCUT2D eigenvalue weighted by Gasteiger charge is -2.32. The number of hydrogen-bond acceptors (Lipinski definition) is 4. The molecule has 0 aliphatic carbocycles. The first kappa shape index (κ1) is 19.1. The Hall–Kier alpha value is -2.66. The van der Waals surface area contributed by atoms with Gasteiger partial charge in [-0.15, -0.1) is 0 Å². The van der Waals surface area contributed by atoms with Crippen LogP contribution < -0.4 is 0 Å². The Labute approximate surface area is 159 Å². The minimum atomic E-state index is -1.10. The summed E-state index contributed by atoms with van der Waals surface area (Å²) in [6, 6.07) is 19.2. The van der Waals surface area contributed by atoms with E-state index in [0.717, 1.165) is 11.1 Å². The maximum Gasteiger partial charge on any atom is 0.311 e. The van der Waals surface area contributed by atoms with Crippen LogP contribution in [0.1, 0.15) is 24.0 Å². The molecule has 1 aliphatic heterocycles. The fourth-order valence-electron chi connectivity index (χ4n) is 3.78. The highest BCUT2D eigenvalue weighted by atomic mass is 16.5. The van der Waals surface area contributed by atoms with E-state index in [1.54, 1.807) is 11.8 Å². The van der Waals surface area contributed by atoms with E-state index < -0.39 is 11.5 Å². The van der Waals surface area contributed by atoms with Crippen LogP contribution in [0.25, 0.3) is 0 Å². The Morgan fingerprint density at radius 2 is 1.56 bits per heavy atom. The molecular weight excluding hydrogens is 342 g/mol. The average molecular weight is 367 g/mol. The van der Waals surface area contributed by atoms with Crippen LogP contribution in [0, 0.1) is 5.92 Å². The van der Waals surface area contributed by atoms with Crippen molar-refractivity contribution >= 4 is 11.9 Å². The number of ether oxygens (including phenoxy) is 2. The summed E-state index contributed by atoms with van der Waals surface area (Å²) >= 11 is 0. The van der Waals surface area contributed by atoms with E-state index in [1.165, 1.54) is 14.2 Å². The third-order valence-corrected chi connectivity index (χ3v) is 5.48. The van der Waals surface area contributed by atoms with Gasteiger partial charge in [0.05, 0.1) is 13.0 Å². The van der Waals surface area contributed by atoms with Gasteiger partial charge in [-0.3, -0.25) is 9.59 Å². The minimum absolute atomic E-state index is 0.0977. The third-order valence-electron chi connectivity index (χ3n) is 5.48. The first-order chi connectivity index (χ1) is 13.0. The number of nitrogens with zero attached hydrogens (tertiary/aromatic N) is 1. The highest BCUT2D eigenvalue weighted by Gasteiger charge is 2.46. The van der Waals surface area contributed by atoms with Crippen LogP contribution in [0.3, 0.4) is 0 Å². The molecule has 142 valence electrons. The van der Waals surface area contributed by atoms with E-state index in [4.69, 9.17) is 9.47 Å². The van der Waals surface area contributed by atoms with E-state index in [1.807, 2.05) is 60.7 Å². The molecule has 0 saturated carbocycles. The summed E-state index contributed by atoms with van der Waals surface area (Å²) in [5, 5.41) is 0. The van der Waals surface area contributed by atoms with E-state index >= 15 is 0 Å². The Morgan fingerprint density at radius 1 is 0.963 bits per heavy atom. The van der Waals surface area contributed by atoms with Gasteiger partial charge in [-0.25, -0.2) is 0 Å². The second kappa shape index (κ2) is 7.92. The van der Waals surface area contributed by atoms with Gasteiger partial charge in [0.1, 0.15) is 0 Å². The minimum Gasteiger partial charge on any atom is -0.469 e. The first-order valence-corrected chi connectivity index (χ1v) is 9.04. The lowest BCUT2D eigenvalue weighted by molar-refractivity contribution is -0.154. The molecule has 2 aromatic rings. The maximum absolute atomic E-state index is 13.4. The molecule has 0 N–H and O–H groups in total. The topological polar surface area (TPSA) is 55.8 Å². The summed E-state index contributed by atoms with van der Waals surface area (Å²) in [7, 11) is 2.92.